The second-order valence-electron chi connectivity index (χ2n) is 5.10. The quantitative estimate of drug-likeness (QED) is 0.912. The number of benzene rings is 1. The van der Waals surface area contributed by atoms with Gasteiger partial charge in [-0.3, -0.25) is 9.89 Å². The highest BCUT2D eigenvalue weighted by atomic mass is 19.3. The molecule has 7 heteroatoms. The highest BCUT2D eigenvalue weighted by Crippen LogP contribution is 2.23. The van der Waals surface area contributed by atoms with Crippen molar-refractivity contribution in [1.82, 2.24) is 10.2 Å². The van der Waals surface area contributed by atoms with Gasteiger partial charge in [0.25, 0.3) is 6.43 Å². The molecule has 3 rings (SSSR count). The normalized spacial score (nSPS) is 14.0. The van der Waals surface area contributed by atoms with Crippen molar-refractivity contribution in [2.45, 2.75) is 25.9 Å². The summed E-state index contributed by atoms with van der Waals surface area (Å²) in [7, 11) is 0. The standard InChI is InChI=1S/C15H15F2N3O2/c16-14(17)10-3-1-2-9(6-10)7-13(21)18-15-11-8-22-5-4-12(11)19-20-15/h1-3,6,14H,4-5,7-8H2,(H2,18,19,20,21). The second-order valence-corrected chi connectivity index (χ2v) is 5.10. The number of H-pyrrole nitrogens is 1. The van der Waals surface area contributed by atoms with Gasteiger partial charge in [-0.05, 0) is 11.6 Å². The Balaban J connectivity index is 1.68. The Morgan fingerprint density at radius 2 is 2.32 bits per heavy atom. The predicted molar refractivity (Wildman–Crippen MR) is 75.7 cm³/mol. The third kappa shape index (κ3) is 3.14. The summed E-state index contributed by atoms with van der Waals surface area (Å²) >= 11 is 0. The molecule has 2 heterocycles. The number of hydrogen-bond donors (Lipinski definition) is 2. The highest BCUT2D eigenvalue weighted by Gasteiger charge is 2.19. The van der Waals surface area contributed by atoms with E-state index < -0.39 is 6.43 Å². The fraction of sp³-hybridized carbons (Fsp3) is 0.333. The first-order chi connectivity index (χ1) is 10.6. The van der Waals surface area contributed by atoms with Gasteiger partial charge < -0.3 is 10.1 Å². The van der Waals surface area contributed by atoms with E-state index in [1.807, 2.05) is 0 Å². The van der Waals surface area contributed by atoms with Crippen LogP contribution in [0.1, 0.15) is 28.8 Å². The van der Waals surface area contributed by atoms with Crippen LogP contribution in [0.3, 0.4) is 0 Å². The van der Waals surface area contributed by atoms with E-state index in [1.54, 1.807) is 6.07 Å². The first kappa shape index (κ1) is 14.6. The van der Waals surface area contributed by atoms with Crippen molar-refractivity contribution in [2.24, 2.45) is 0 Å². The second kappa shape index (κ2) is 6.23. The number of amides is 1. The van der Waals surface area contributed by atoms with Gasteiger partial charge in [0, 0.05) is 23.2 Å². The molecule has 0 saturated heterocycles. The fourth-order valence-electron chi connectivity index (χ4n) is 2.42. The monoisotopic (exact) mass is 307 g/mol. The lowest BCUT2D eigenvalue weighted by atomic mass is 10.1. The van der Waals surface area contributed by atoms with Gasteiger partial charge in [-0.1, -0.05) is 18.2 Å². The van der Waals surface area contributed by atoms with Crippen LogP contribution in [-0.2, 0) is 29.0 Å². The number of nitrogens with zero attached hydrogens (tertiary/aromatic N) is 1. The SMILES string of the molecule is O=C(Cc1cccc(C(F)F)c1)Nc1n[nH]c2c1COCC2. The molecule has 1 aliphatic heterocycles. The van der Waals surface area contributed by atoms with E-state index in [1.165, 1.54) is 18.2 Å². The maximum absolute atomic E-state index is 12.6. The van der Waals surface area contributed by atoms with Gasteiger partial charge in [0.1, 0.15) is 0 Å². The predicted octanol–water partition coefficient (Wildman–Crippen LogP) is 2.60. The van der Waals surface area contributed by atoms with E-state index >= 15 is 0 Å². The van der Waals surface area contributed by atoms with Crippen molar-refractivity contribution in [3.8, 4) is 0 Å². The van der Waals surface area contributed by atoms with Crippen LogP contribution in [0.4, 0.5) is 14.6 Å². The Bertz CT molecular complexity index is 685. The molecular formula is C15H15F2N3O2. The average Bonchev–Trinajstić information content (AvgIpc) is 2.91. The molecule has 5 nitrogen and oxygen atoms in total. The van der Waals surface area contributed by atoms with Crippen LogP contribution in [0.5, 0.6) is 0 Å². The van der Waals surface area contributed by atoms with E-state index in [-0.39, 0.29) is 17.9 Å². The summed E-state index contributed by atoms with van der Waals surface area (Å²) < 4.78 is 30.6. The van der Waals surface area contributed by atoms with Crippen molar-refractivity contribution in [1.29, 1.82) is 0 Å². The number of aromatic amines is 1. The lowest BCUT2D eigenvalue weighted by molar-refractivity contribution is -0.115. The number of rotatable bonds is 4. The molecule has 0 fully saturated rings. The lowest BCUT2D eigenvalue weighted by Gasteiger charge is -2.12. The number of ether oxygens (including phenoxy) is 1. The molecule has 0 radical (unpaired) electrons. The van der Waals surface area contributed by atoms with E-state index in [4.69, 9.17) is 4.74 Å². The molecule has 2 aromatic rings. The molecule has 1 amide bonds. The Labute approximate surface area is 125 Å². The van der Waals surface area contributed by atoms with E-state index in [0.717, 1.165) is 17.7 Å². The third-order valence-corrected chi connectivity index (χ3v) is 3.52. The van der Waals surface area contributed by atoms with E-state index in [0.29, 0.717) is 24.6 Å². The highest BCUT2D eigenvalue weighted by molar-refractivity contribution is 5.92. The van der Waals surface area contributed by atoms with E-state index in [9.17, 15) is 13.6 Å². The van der Waals surface area contributed by atoms with Crippen LogP contribution >= 0.6 is 0 Å². The first-order valence-corrected chi connectivity index (χ1v) is 6.94. The third-order valence-electron chi connectivity index (χ3n) is 3.52. The van der Waals surface area contributed by atoms with Crippen molar-refractivity contribution in [3.63, 3.8) is 0 Å². The topological polar surface area (TPSA) is 67.0 Å². The Hall–Kier alpha value is -2.28. The maximum Gasteiger partial charge on any atom is 0.263 e. The minimum Gasteiger partial charge on any atom is -0.376 e. The van der Waals surface area contributed by atoms with Crippen molar-refractivity contribution in [3.05, 3.63) is 46.6 Å². The number of aromatic nitrogens is 2. The summed E-state index contributed by atoms with van der Waals surface area (Å²) in [6, 6.07) is 5.85. The number of alkyl halides is 2. The number of nitrogens with one attached hydrogen (secondary N) is 2. The summed E-state index contributed by atoms with van der Waals surface area (Å²) in [5.74, 6) is 0.149. The van der Waals surface area contributed by atoms with Crippen LogP contribution < -0.4 is 5.32 Å². The molecule has 0 unspecified atom stereocenters. The average molecular weight is 307 g/mol. The molecule has 0 spiro atoms. The number of carbonyl (C=O) groups is 1. The lowest BCUT2D eigenvalue weighted by Crippen LogP contribution is -2.17. The summed E-state index contributed by atoms with van der Waals surface area (Å²) in [5, 5.41) is 9.64. The maximum atomic E-state index is 12.6. The molecule has 116 valence electrons. The summed E-state index contributed by atoms with van der Waals surface area (Å²) in [6.07, 6.45) is -1.80. The molecule has 0 saturated carbocycles. The van der Waals surface area contributed by atoms with Gasteiger partial charge in [0.2, 0.25) is 5.91 Å². The van der Waals surface area contributed by atoms with Crippen LogP contribution in [-0.4, -0.2) is 22.7 Å². The van der Waals surface area contributed by atoms with Gasteiger partial charge in [-0.15, -0.1) is 0 Å². The Morgan fingerprint density at radius 3 is 3.14 bits per heavy atom. The zero-order valence-electron chi connectivity index (χ0n) is 11.7. The number of anilines is 1. The largest absolute Gasteiger partial charge is 0.376 e. The molecule has 1 aliphatic rings. The summed E-state index contributed by atoms with van der Waals surface area (Å²) in [6.45, 7) is 1.03. The number of fused-ring (bicyclic) bond motifs is 1. The van der Waals surface area contributed by atoms with Crippen molar-refractivity contribution < 1.29 is 18.3 Å². The molecule has 0 bridgehead atoms. The minimum atomic E-state index is -2.54. The van der Waals surface area contributed by atoms with Gasteiger partial charge in [-0.2, -0.15) is 5.10 Å². The Morgan fingerprint density at radius 1 is 1.45 bits per heavy atom. The number of hydrogen-bond acceptors (Lipinski definition) is 3. The van der Waals surface area contributed by atoms with Gasteiger partial charge in [-0.25, -0.2) is 8.78 Å². The minimum absolute atomic E-state index is 0.0169. The zero-order chi connectivity index (χ0) is 15.5. The smallest absolute Gasteiger partial charge is 0.263 e. The van der Waals surface area contributed by atoms with Gasteiger partial charge in [0.05, 0.1) is 19.6 Å². The zero-order valence-corrected chi connectivity index (χ0v) is 11.7. The van der Waals surface area contributed by atoms with Gasteiger partial charge in [0.15, 0.2) is 5.82 Å². The molecule has 2 N–H and O–H groups in total. The van der Waals surface area contributed by atoms with E-state index in [2.05, 4.69) is 15.5 Å². The number of carbonyl (C=O) groups excluding carboxylic acids is 1. The molecule has 22 heavy (non-hydrogen) atoms. The molecule has 1 aromatic heterocycles. The Kier molecular flexibility index (Phi) is 4.15. The molecule has 0 atom stereocenters. The van der Waals surface area contributed by atoms with Crippen LogP contribution in [0.2, 0.25) is 0 Å². The van der Waals surface area contributed by atoms with Crippen LogP contribution in [0.25, 0.3) is 0 Å². The van der Waals surface area contributed by atoms with Crippen molar-refractivity contribution >= 4 is 11.7 Å². The van der Waals surface area contributed by atoms with Crippen LogP contribution in [0, 0.1) is 0 Å². The van der Waals surface area contributed by atoms with Crippen LogP contribution in [0.15, 0.2) is 24.3 Å². The first-order valence-electron chi connectivity index (χ1n) is 6.94. The summed E-state index contributed by atoms with van der Waals surface area (Å²) in [4.78, 5) is 12.1. The van der Waals surface area contributed by atoms with Crippen molar-refractivity contribution in [2.75, 3.05) is 11.9 Å². The fourth-order valence-corrected chi connectivity index (χ4v) is 2.42. The molecule has 0 aliphatic carbocycles. The number of halogens is 2. The van der Waals surface area contributed by atoms with Gasteiger partial charge >= 0.3 is 0 Å². The molecular weight excluding hydrogens is 292 g/mol. The summed E-state index contributed by atoms with van der Waals surface area (Å²) in [5.41, 5.74) is 2.26. The molecule has 1 aromatic carbocycles.